The van der Waals surface area contributed by atoms with Crippen LogP contribution in [0.5, 0.6) is 5.75 Å². The number of hydrogen-bond donors (Lipinski definition) is 1. The van der Waals surface area contributed by atoms with Crippen LogP contribution in [0.1, 0.15) is 49.8 Å². The first-order valence-corrected chi connectivity index (χ1v) is 14.3. The van der Waals surface area contributed by atoms with E-state index in [9.17, 15) is 19.5 Å². The van der Waals surface area contributed by atoms with E-state index in [-0.39, 0.29) is 12.6 Å². The lowest BCUT2D eigenvalue weighted by atomic mass is 9.99. The smallest absolute Gasteiger partial charge is 0.332 e. The Morgan fingerprint density at radius 3 is 2.58 bits per heavy atom. The molecule has 2 aliphatic rings. The zero-order valence-electron chi connectivity index (χ0n) is 21.6. The van der Waals surface area contributed by atoms with Gasteiger partial charge in [-0.2, -0.15) is 0 Å². The lowest BCUT2D eigenvalue weighted by Gasteiger charge is -2.30. The predicted octanol–water partition coefficient (Wildman–Crippen LogP) is 4.45. The first kappa shape index (κ1) is 27.1. The van der Waals surface area contributed by atoms with Gasteiger partial charge in [-0.05, 0) is 67.1 Å². The third-order valence-corrected chi connectivity index (χ3v) is 10.1. The molecule has 5 rings (SSSR count). The van der Waals surface area contributed by atoms with E-state index in [0.29, 0.717) is 42.0 Å². The fourth-order valence-electron chi connectivity index (χ4n) is 5.44. The fourth-order valence-corrected chi connectivity index (χ4v) is 7.13. The number of carbonyl (C=O) groups is 1. The molecule has 1 saturated carbocycles. The summed E-state index contributed by atoms with van der Waals surface area (Å²) in [5.41, 5.74) is -0.469. The molecule has 0 radical (unpaired) electrons. The third kappa shape index (κ3) is 4.63. The van der Waals surface area contributed by atoms with Crippen molar-refractivity contribution < 1.29 is 24.1 Å². The van der Waals surface area contributed by atoms with Gasteiger partial charge in [-0.1, -0.05) is 18.2 Å². The number of carboxylic acids is 1. The molecule has 38 heavy (non-hydrogen) atoms. The normalized spacial score (nSPS) is 18.8. The molecule has 0 spiro atoms. The Kier molecular flexibility index (Phi) is 7.56. The summed E-state index contributed by atoms with van der Waals surface area (Å²) in [6, 6.07) is 7.56. The number of fused-ring (bicyclic) bond motifs is 1. The van der Waals surface area contributed by atoms with Crippen LogP contribution in [0, 0.1) is 12.8 Å². The van der Waals surface area contributed by atoms with Crippen molar-refractivity contribution in [1.29, 1.82) is 0 Å². The summed E-state index contributed by atoms with van der Waals surface area (Å²) >= 11 is 4.88. The molecule has 204 valence electrons. The molecule has 3 aromatic rings. The molecular weight excluding hydrogens is 576 g/mol. The molecule has 9 nitrogen and oxygen atoms in total. The quantitative estimate of drug-likeness (QED) is 0.383. The molecule has 11 heteroatoms. The van der Waals surface area contributed by atoms with Crippen molar-refractivity contribution in [3.63, 3.8) is 0 Å². The maximum Gasteiger partial charge on any atom is 0.332 e. The minimum Gasteiger partial charge on any atom is -0.496 e. The van der Waals surface area contributed by atoms with E-state index >= 15 is 0 Å². The summed E-state index contributed by atoms with van der Waals surface area (Å²) in [6.45, 7) is 4.74. The van der Waals surface area contributed by atoms with Crippen molar-refractivity contribution in [2.24, 2.45) is 5.92 Å². The van der Waals surface area contributed by atoms with Crippen LogP contribution >= 0.6 is 27.3 Å². The minimum absolute atomic E-state index is 0.0608. The molecule has 2 unspecified atom stereocenters. The maximum atomic E-state index is 14.2. The highest BCUT2D eigenvalue weighted by Crippen LogP contribution is 2.49. The fraction of sp³-hybridized carbons (Fsp3) is 0.519. The van der Waals surface area contributed by atoms with Crippen molar-refractivity contribution in [3.8, 4) is 5.75 Å². The number of hydrogen-bond acceptors (Lipinski definition) is 7. The summed E-state index contributed by atoms with van der Waals surface area (Å²) in [4.78, 5) is 40.5. The summed E-state index contributed by atoms with van der Waals surface area (Å²) < 4.78 is 21.3. The van der Waals surface area contributed by atoms with Crippen LogP contribution in [-0.2, 0) is 26.4 Å². The molecule has 1 saturated heterocycles. The molecular formula is C27H31BrN2O7S. The zero-order chi connectivity index (χ0) is 27.2. The van der Waals surface area contributed by atoms with Gasteiger partial charge in [0.25, 0.3) is 5.56 Å². The molecule has 2 fully saturated rings. The summed E-state index contributed by atoms with van der Waals surface area (Å²) in [7, 11) is 1.60. The lowest BCUT2D eigenvalue weighted by Crippen LogP contribution is -2.49. The van der Waals surface area contributed by atoms with Gasteiger partial charge >= 0.3 is 11.7 Å². The third-order valence-electron chi connectivity index (χ3n) is 7.90. The van der Waals surface area contributed by atoms with Gasteiger partial charge in [0, 0.05) is 18.8 Å². The highest BCUT2D eigenvalue weighted by molar-refractivity contribution is 9.11. The molecule has 1 aromatic carbocycles. The van der Waals surface area contributed by atoms with E-state index in [1.807, 2.05) is 31.2 Å². The van der Waals surface area contributed by atoms with Crippen LogP contribution in [0.3, 0.4) is 0 Å². The first-order valence-electron chi connectivity index (χ1n) is 12.7. The first-order chi connectivity index (χ1) is 18.2. The van der Waals surface area contributed by atoms with Crippen LogP contribution in [0.4, 0.5) is 0 Å². The number of para-hydroxylation sites is 1. The SMILES string of the molecule is COc1ccccc1C(Cn1c(=O)n(C2(C(C)C(=O)O)CC2)c(=O)c2c(C)c(Br)sc21)OC1CCOCC1. The molecule has 2 atom stereocenters. The zero-order valence-corrected chi connectivity index (χ0v) is 24.0. The average Bonchev–Trinajstić information content (AvgIpc) is 3.65. The standard InChI is InChI=1S/C27H31BrN2O7S/c1-15-21-23(31)30(27(10-11-27)16(2)25(32)33)26(34)29(24(21)38-22(15)28)14-20(37-17-8-12-36-13-9-17)18-6-4-5-7-19(18)35-3/h4-7,16-17,20H,8-14H2,1-3H3,(H,32,33). The molecule has 1 aliphatic heterocycles. The largest absolute Gasteiger partial charge is 0.496 e. The maximum absolute atomic E-state index is 14.2. The number of aliphatic carboxylic acids is 1. The second kappa shape index (κ2) is 10.6. The topological polar surface area (TPSA) is 109 Å². The van der Waals surface area contributed by atoms with Crippen LogP contribution in [0.2, 0.25) is 0 Å². The number of ether oxygens (including phenoxy) is 3. The van der Waals surface area contributed by atoms with Gasteiger partial charge in [-0.25, -0.2) is 4.79 Å². The van der Waals surface area contributed by atoms with Crippen LogP contribution < -0.4 is 16.0 Å². The predicted molar refractivity (Wildman–Crippen MR) is 147 cm³/mol. The van der Waals surface area contributed by atoms with Crippen molar-refractivity contribution in [3.05, 3.63) is 60.0 Å². The van der Waals surface area contributed by atoms with Crippen molar-refractivity contribution in [1.82, 2.24) is 9.13 Å². The van der Waals surface area contributed by atoms with Gasteiger partial charge in [-0.3, -0.25) is 18.7 Å². The molecule has 3 heterocycles. The van der Waals surface area contributed by atoms with Crippen LogP contribution in [0.25, 0.3) is 10.2 Å². The molecule has 2 aromatic heterocycles. The molecule has 1 N–H and O–H groups in total. The Morgan fingerprint density at radius 1 is 1.26 bits per heavy atom. The van der Waals surface area contributed by atoms with E-state index in [1.54, 1.807) is 18.6 Å². The summed E-state index contributed by atoms with van der Waals surface area (Å²) in [6.07, 6.45) is 1.78. The van der Waals surface area contributed by atoms with Gasteiger partial charge in [0.1, 0.15) is 16.7 Å². The number of aryl methyl sites for hydroxylation is 1. The average molecular weight is 608 g/mol. The number of halogens is 1. The molecule has 0 bridgehead atoms. The highest BCUT2D eigenvalue weighted by Gasteiger charge is 2.54. The van der Waals surface area contributed by atoms with E-state index in [2.05, 4.69) is 15.9 Å². The van der Waals surface area contributed by atoms with E-state index in [0.717, 1.165) is 27.8 Å². The molecule has 1 aliphatic carbocycles. The van der Waals surface area contributed by atoms with Gasteiger partial charge in [0.15, 0.2) is 0 Å². The number of thiophene rings is 1. The van der Waals surface area contributed by atoms with Gasteiger partial charge in [0.05, 0.1) is 40.4 Å². The number of benzene rings is 1. The number of aromatic nitrogens is 2. The van der Waals surface area contributed by atoms with Gasteiger partial charge in [-0.15, -0.1) is 11.3 Å². The number of methoxy groups -OCH3 is 1. The van der Waals surface area contributed by atoms with Crippen LogP contribution in [0.15, 0.2) is 37.6 Å². The van der Waals surface area contributed by atoms with E-state index in [4.69, 9.17) is 14.2 Å². The summed E-state index contributed by atoms with van der Waals surface area (Å²) in [5, 5.41) is 10.2. The molecule has 0 amide bonds. The van der Waals surface area contributed by atoms with Gasteiger partial charge in [0.2, 0.25) is 0 Å². The van der Waals surface area contributed by atoms with E-state index < -0.39 is 34.8 Å². The van der Waals surface area contributed by atoms with Gasteiger partial charge < -0.3 is 19.3 Å². The lowest BCUT2D eigenvalue weighted by molar-refractivity contribution is -0.143. The van der Waals surface area contributed by atoms with Crippen LogP contribution in [-0.4, -0.2) is 46.6 Å². The summed E-state index contributed by atoms with van der Waals surface area (Å²) in [5.74, 6) is -1.27. The van der Waals surface area contributed by atoms with Crippen molar-refractivity contribution in [2.45, 2.75) is 63.8 Å². The number of nitrogens with zero attached hydrogens (tertiary/aromatic N) is 2. The monoisotopic (exact) mass is 606 g/mol. The van der Waals surface area contributed by atoms with E-state index in [1.165, 1.54) is 15.9 Å². The Labute approximate surface area is 232 Å². The highest BCUT2D eigenvalue weighted by atomic mass is 79.9. The second-order valence-electron chi connectivity index (χ2n) is 10.1. The van der Waals surface area contributed by atoms with Crippen molar-refractivity contribution in [2.75, 3.05) is 20.3 Å². The number of rotatable bonds is 9. The second-order valence-corrected chi connectivity index (χ2v) is 12.4. The Balaban J connectivity index is 1.70. The Hall–Kier alpha value is -2.47. The Morgan fingerprint density at radius 2 is 1.95 bits per heavy atom. The Bertz CT molecular complexity index is 1480. The number of carboxylic acid groups (broad SMARTS) is 1. The minimum atomic E-state index is -1.04. The van der Waals surface area contributed by atoms with Crippen molar-refractivity contribution >= 4 is 43.5 Å².